The van der Waals surface area contributed by atoms with Crippen LogP contribution in [-0.2, 0) is 0 Å². The second-order valence-electron chi connectivity index (χ2n) is 3.68. The first-order chi connectivity index (χ1) is 8.29. The quantitative estimate of drug-likeness (QED) is 0.752. The normalized spacial score (nSPS) is 15.3. The van der Waals surface area contributed by atoms with E-state index in [1.165, 1.54) is 6.20 Å². The van der Waals surface area contributed by atoms with Crippen LogP contribution in [0.2, 0.25) is 0 Å². The highest BCUT2D eigenvalue weighted by Gasteiger charge is 2.37. The van der Waals surface area contributed by atoms with Crippen LogP contribution >= 0.6 is 0 Å². The minimum atomic E-state index is -4.55. The van der Waals surface area contributed by atoms with Gasteiger partial charge in [0.2, 0.25) is 5.43 Å². The Hall–Kier alpha value is -2.19. The van der Waals surface area contributed by atoms with Gasteiger partial charge in [-0.15, -0.1) is 0 Å². The van der Waals surface area contributed by atoms with Gasteiger partial charge < -0.3 is 15.4 Å². The van der Waals surface area contributed by atoms with E-state index in [9.17, 15) is 27.9 Å². The van der Waals surface area contributed by atoms with Gasteiger partial charge in [0.05, 0.1) is 0 Å². The van der Waals surface area contributed by atoms with Crippen LogP contribution in [0.3, 0.4) is 0 Å². The number of rotatable bonds is 1. The lowest BCUT2D eigenvalue weighted by molar-refractivity contribution is -0.140. The molecule has 1 amide bonds. The van der Waals surface area contributed by atoms with Gasteiger partial charge in [0.25, 0.3) is 5.91 Å². The van der Waals surface area contributed by atoms with Gasteiger partial charge in [-0.05, 0) is 0 Å². The van der Waals surface area contributed by atoms with Crippen LogP contribution in [0.1, 0.15) is 10.5 Å². The maximum atomic E-state index is 12.2. The van der Waals surface area contributed by atoms with E-state index in [1.807, 2.05) is 0 Å². The molecule has 0 spiro atoms. The number of carbonyl (C=O) groups is 1. The van der Waals surface area contributed by atoms with E-state index in [2.05, 4.69) is 5.43 Å². The molecule has 9 heteroatoms. The average molecular weight is 263 g/mol. The summed E-state index contributed by atoms with van der Waals surface area (Å²) in [6.07, 6.45) is -3.38. The number of aromatic hydroxyl groups is 1. The molecule has 2 rings (SSSR count). The number of alkyl halides is 3. The molecule has 0 aromatic carbocycles. The number of aromatic nitrogens is 1. The fraction of sp³-hybridized carbons (Fsp3) is 0.333. The van der Waals surface area contributed by atoms with Gasteiger partial charge in [0.15, 0.2) is 11.4 Å². The third-order valence-corrected chi connectivity index (χ3v) is 2.37. The van der Waals surface area contributed by atoms with Crippen molar-refractivity contribution in [2.45, 2.75) is 6.18 Å². The average Bonchev–Trinajstić information content (AvgIpc) is 2.25. The van der Waals surface area contributed by atoms with Gasteiger partial charge in [-0.2, -0.15) is 13.2 Å². The van der Waals surface area contributed by atoms with Crippen LogP contribution in [0.4, 0.5) is 13.2 Å². The fourth-order valence-electron chi connectivity index (χ4n) is 1.59. The molecule has 0 saturated heterocycles. The maximum absolute atomic E-state index is 12.2. The van der Waals surface area contributed by atoms with Crippen LogP contribution in [0.25, 0.3) is 0 Å². The first-order valence-electron chi connectivity index (χ1n) is 4.84. The summed E-state index contributed by atoms with van der Waals surface area (Å²) < 4.78 is 37.7. The van der Waals surface area contributed by atoms with Crippen molar-refractivity contribution >= 4 is 5.91 Å². The van der Waals surface area contributed by atoms with Crippen LogP contribution in [0.5, 0.6) is 5.75 Å². The number of pyridine rings is 1. The van der Waals surface area contributed by atoms with Crippen molar-refractivity contribution in [2.75, 3.05) is 18.6 Å². The number of fused-ring (bicyclic) bond motifs is 1. The highest BCUT2D eigenvalue weighted by molar-refractivity contribution is 5.96. The first-order valence-corrected chi connectivity index (χ1v) is 4.84. The topological polar surface area (TPSA) is 74.6 Å². The Kier molecular flexibility index (Phi) is 2.68. The molecule has 18 heavy (non-hydrogen) atoms. The van der Waals surface area contributed by atoms with E-state index >= 15 is 0 Å². The number of carbonyl (C=O) groups excluding carboxylic acids is 1. The Balaban J connectivity index is 2.39. The van der Waals surface area contributed by atoms with Gasteiger partial charge in [-0.3, -0.25) is 14.3 Å². The number of hydrogen-bond acceptors (Lipinski definition) is 4. The molecular weight excluding hydrogens is 255 g/mol. The molecule has 1 aromatic rings. The van der Waals surface area contributed by atoms with Gasteiger partial charge in [-0.25, -0.2) is 0 Å². The maximum Gasteiger partial charge on any atom is 0.406 e. The van der Waals surface area contributed by atoms with E-state index in [0.717, 1.165) is 10.7 Å². The molecule has 0 atom stereocenters. The van der Waals surface area contributed by atoms with Crippen molar-refractivity contribution in [3.8, 4) is 5.75 Å². The molecule has 1 aliphatic rings. The molecule has 0 unspecified atom stereocenters. The third-order valence-electron chi connectivity index (χ3n) is 2.37. The van der Waals surface area contributed by atoms with Crippen LogP contribution in [-0.4, -0.2) is 40.0 Å². The van der Waals surface area contributed by atoms with E-state index in [4.69, 9.17) is 0 Å². The highest BCUT2D eigenvalue weighted by Crippen LogP contribution is 2.21. The van der Waals surface area contributed by atoms with E-state index in [1.54, 1.807) is 0 Å². The smallest absolute Gasteiger partial charge is 0.406 e. The van der Waals surface area contributed by atoms with Crippen molar-refractivity contribution in [3.05, 3.63) is 28.2 Å². The van der Waals surface area contributed by atoms with E-state index in [0.29, 0.717) is 4.90 Å². The molecule has 0 saturated carbocycles. The molecule has 6 nitrogen and oxygen atoms in total. The molecule has 1 aromatic heterocycles. The number of amides is 1. The molecule has 0 radical (unpaired) electrons. The SMILES string of the molecule is O=C1c2c(O)c(=O)ccn2NCN1CC(F)(F)F. The van der Waals surface area contributed by atoms with Crippen molar-refractivity contribution in [2.24, 2.45) is 0 Å². The summed E-state index contributed by atoms with van der Waals surface area (Å²) in [7, 11) is 0. The van der Waals surface area contributed by atoms with Gasteiger partial charge in [0, 0.05) is 12.3 Å². The van der Waals surface area contributed by atoms with Crippen LogP contribution in [0.15, 0.2) is 17.1 Å². The van der Waals surface area contributed by atoms with Crippen LogP contribution in [0, 0.1) is 0 Å². The Labute approximate surface area is 98.2 Å². The number of nitrogens with zero attached hydrogens (tertiary/aromatic N) is 2. The molecule has 1 aliphatic heterocycles. The highest BCUT2D eigenvalue weighted by atomic mass is 19.4. The van der Waals surface area contributed by atoms with Crippen molar-refractivity contribution in [1.82, 2.24) is 9.58 Å². The van der Waals surface area contributed by atoms with E-state index in [-0.39, 0.29) is 6.67 Å². The molecular formula is C9H8F3N3O3. The van der Waals surface area contributed by atoms with Crippen LogP contribution < -0.4 is 10.9 Å². The minimum Gasteiger partial charge on any atom is -0.502 e. The second-order valence-corrected chi connectivity index (χ2v) is 3.68. The number of halogens is 3. The van der Waals surface area contributed by atoms with Gasteiger partial charge in [-0.1, -0.05) is 0 Å². The molecule has 0 aliphatic carbocycles. The summed E-state index contributed by atoms with van der Waals surface area (Å²) in [5.74, 6) is -1.93. The zero-order chi connectivity index (χ0) is 13.5. The van der Waals surface area contributed by atoms with Gasteiger partial charge >= 0.3 is 6.18 Å². The summed E-state index contributed by atoms with van der Waals surface area (Å²) in [4.78, 5) is 23.3. The predicted octanol–water partition coefficient (Wildman–Crippen LogP) is 0.0730. The lowest BCUT2D eigenvalue weighted by atomic mass is 10.2. The third kappa shape index (κ3) is 2.11. The van der Waals surface area contributed by atoms with Crippen molar-refractivity contribution in [1.29, 1.82) is 0 Å². The molecule has 2 heterocycles. The largest absolute Gasteiger partial charge is 0.502 e. The summed E-state index contributed by atoms with van der Waals surface area (Å²) in [6, 6.07) is 0.999. The lowest BCUT2D eigenvalue weighted by Gasteiger charge is -2.31. The minimum absolute atomic E-state index is 0.367. The predicted molar refractivity (Wildman–Crippen MR) is 53.7 cm³/mol. The Morgan fingerprint density at radius 2 is 2.06 bits per heavy atom. The standard InChI is InChI=1S/C9H8F3N3O3/c10-9(11,12)3-14-4-13-15-2-1-5(16)7(17)6(15)8(14)18/h1-2,13,17H,3-4H2. The monoisotopic (exact) mass is 263 g/mol. The zero-order valence-corrected chi connectivity index (χ0v) is 8.86. The first kappa shape index (κ1) is 12.3. The van der Waals surface area contributed by atoms with Crippen molar-refractivity contribution in [3.63, 3.8) is 0 Å². The zero-order valence-electron chi connectivity index (χ0n) is 8.86. The summed E-state index contributed by atoms with van der Waals surface area (Å²) >= 11 is 0. The molecule has 0 fully saturated rings. The summed E-state index contributed by atoms with van der Waals surface area (Å²) in [5, 5.41) is 9.43. The fourth-order valence-corrected chi connectivity index (χ4v) is 1.59. The Morgan fingerprint density at radius 1 is 1.39 bits per heavy atom. The number of hydrogen-bond donors (Lipinski definition) is 2. The summed E-state index contributed by atoms with van der Waals surface area (Å²) in [6.45, 7) is -1.82. The molecule has 2 N–H and O–H groups in total. The Morgan fingerprint density at radius 3 is 2.67 bits per heavy atom. The molecule has 0 bridgehead atoms. The Bertz CT molecular complexity index is 552. The van der Waals surface area contributed by atoms with Gasteiger partial charge in [0.1, 0.15) is 13.2 Å². The molecule has 98 valence electrons. The number of nitrogens with one attached hydrogen (secondary N) is 1. The van der Waals surface area contributed by atoms with E-state index < -0.39 is 35.5 Å². The lowest BCUT2D eigenvalue weighted by Crippen LogP contribution is -2.49. The summed E-state index contributed by atoms with van der Waals surface area (Å²) in [5.41, 5.74) is 1.13. The second kappa shape index (κ2) is 3.93. The van der Waals surface area contributed by atoms with Crippen molar-refractivity contribution < 1.29 is 23.1 Å².